The number of ether oxygens (including phenoxy) is 1. The molecule has 7 nitrogen and oxygen atoms in total. The molecule has 0 bridgehead atoms. The lowest BCUT2D eigenvalue weighted by Gasteiger charge is -2.41. The third-order valence-corrected chi connectivity index (χ3v) is 10.5. The zero-order valence-electron chi connectivity index (χ0n) is 21.9. The summed E-state index contributed by atoms with van der Waals surface area (Å²) in [6.07, 6.45) is -9.28. The van der Waals surface area contributed by atoms with E-state index in [1.54, 1.807) is 6.07 Å². The van der Waals surface area contributed by atoms with Gasteiger partial charge in [-0.05, 0) is 73.4 Å². The van der Waals surface area contributed by atoms with Gasteiger partial charge in [-0.15, -0.1) is 11.3 Å². The van der Waals surface area contributed by atoms with Gasteiger partial charge < -0.3 is 10.1 Å². The number of sulfonamides is 1. The van der Waals surface area contributed by atoms with E-state index in [1.807, 2.05) is 10.0 Å². The molecular weight excluding hydrogens is 610 g/mol. The number of thiophene rings is 1. The van der Waals surface area contributed by atoms with Crippen LogP contribution < -0.4 is 14.8 Å². The van der Waals surface area contributed by atoms with Crippen molar-refractivity contribution in [3.63, 3.8) is 0 Å². The first-order chi connectivity index (χ1) is 19.6. The summed E-state index contributed by atoms with van der Waals surface area (Å²) in [5.41, 5.74) is -4.32. The minimum Gasteiger partial charge on any atom is -0.494 e. The molecule has 15 heteroatoms. The Labute approximate surface area is 241 Å². The van der Waals surface area contributed by atoms with E-state index in [-0.39, 0.29) is 35.1 Å². The number of hydrogen-bond acceptors (Lipinski definition) is 6. The molecule has 2 N–H and O–H groups in total. The summed E-state index contributed by atoms with van der Waals surface area (Å²) in [4.78, 5) is 27.7. The topological polar surface area (TPSA) is 102 Å². The molecule has 2 saturated carbocycles. The van der Waals surface area contributed by atoms with Crippen LogP contribution in [0.25, 0.3) is 5.57 Å². The van der Waals surface area contributed by atoms with Gasteiger partial charge >= 0.3 is 12.4 Å². The molecule has 2 aromatic rings. The molecule has 1 atom stereocenters. The summed E-state index contributed by atoms with van der Waals surface area (Å²) >= 11 is 1.16. The number of rotatable bonds is 10. The highest BCUT2D eigenvalue weighted by Gasteiger charge is 2.60. The van der Waals surface area contributed by atoms with Crippen LogP contribution in [0.2, 0.25) is 0 Å². The molecule has 1 aromatic heterocycles. The average Bonchev–Trinajstić information content (AvgIpc) is 3.83. The molecule has 0 radical (unpaired) electrons. The van der Waals surface area contributed by atoms with Gasteiger partial charge in [-0.1, -0.05) is 12.1 Å². The Hall–Kier alpha value is -3.07. The number of nitrogens with one attached hydrogen (secondary N) is 2. The van der Waals surface area contributed by atoms with E-state index in [2.05, 4.69) is 0 Å². The van der Waals surface area contributed by atoms with Gasteiger partial charge in [0, 0.05) is 22.6 Å². The van der Waals surface area contributed by atoms with Crippen LogP contribution in [-0.2, 0) is 25.2 Å². The molecule has 1 aromatic carbocycles. The first kappa shape index (κ1) is 30.4. The smallest absolute Gasteiger partial charge is 0.416 e. The SMILES string of the molecule is O=C1N[C@@](c2ccc(OCCCC(F)(F)F)cc2)(C(F)(F)F)CC(c2ccc(C3CC3)s2)=C1C(=O)NS(=O)(=O)C1CC1. The normalized spacial score (nSPS) is 21.7. The summed E-state index contributed by atoms with van der Waals surface area (Å²) < 4.78 is 114. The second kappa shape index (κ2) is 10.9. The fourth-order valence-corrected chi connectivity index (χ4v) is 7.30. The van der Waals surface area contributed by atoms with Crippen LogP contribution in [0.3, 0.4) is 0 Å². The number of alkyl halides is 6. The minimum atomic E-state index is -5.07. The molecule has 0 saturated heterocycles. The number of amides is 2. The van der Waals surface area contributed by atoms with Crippen molar-refractivity contribution in [1.29, 1.82) is 0 Å². The molecule has 2 aliphatic carbocycles. The van der Waals surface area contributed by atoms with Gasteiger partial charge in [0.1, 0.15) is 11.3 Å². The van der Waals surface area contributed by atoms with E-state index in [4.69, 9.17) is 4.74 Å². The van der Waals surface area contributed by atoms with Crippen LogP contribution in [-0.4, -0.2) is 44.4 Å². The summed E-state index contributed by atoms with van der Waals surface area (Å²) in [5, 5.41) is 1.14. The number of carbonyl (C=O) groups is 2. The lowest BCUT2D eigenvalue weighted by molar-refractivity contribution is -0.201. The van der Waals surface area contributed by atoms with Crippen molar-refractivity contribution in [2.45, 2.75) is 74.0 Å². The molecule has 2 heterocycles. The van der Waals surface area contributed by atoms with E-state index in [1.165, 1.54) is 6.07 Å². The summed E-state index contributed by atoms with van der Waals surface area (Å²) in [6, 6.07) is 7.69. The van der Waals surface area contributed by atoms with Gasteiger partial charge in [0.2, 0.25) is 10.0 Å². The van der Waals surface area contributed by atoms with Crippen molar-refractivity contribution < 1.29 is 49.1 Å². The maximum atomic E-state index is 14.9. The van der Waals surface area contributed by atoms with Gasteiger partial charge in [0.25, 0.3) is 11.8 Å². The zero-order valence-corrected chi connectivity index (χ0v) is 23.5. The van der Waals surface area contributed by atoms with Crippen molar-refractivity contribution >= 4 is 38.7 Å². The fraction of sp³-hybridized carbons (Fsp3) is 0.481. The van der Waals surface area contributed by atoms with Crippen LogP contribution in [0.15, 0.2) is 42.0 Å². The number of benzene rings is 1. The summed E-state index contributed by atoms with van der Waals surface area (Å²) in [7, 11) is -4.10. The highest BCUT2D eigenvalue weighted by Crippen LogP contribution is 2.51. The molecule has 3 aliphatic rings. The van der Waals surface area contributed by atoms with Crippen LogP contribution in [0.1, 0.15) is 66.2 Å². The standard InChI is InChI=1S/C27H26F6N2O5S2/c28-26(29,30)12-1-13-40-17-6-4-16(5-7-17)25(27(31,32)33)14-19(21-11-10-20(41-21)15-2-3-15)22(23(36)34-25)24(37)35-42(38,39)18-8-9-18/h4-7,10-11,15,18H,1-3,8-9,12-14H2,(H,34,36)(H,35,37)/t25-/m0/s1. The van der Waals surface area contributed by atoms with Gasteiger partial charge in [-0.25, -0.2) is 13.1 Å². The first-order valence-electron chi connectivity index (χ1n) is 13.2. The van der Waals surface area contributed by atoms with E-state index >= 15 is 0 Å². The minimum absolute atomic E-state index is 0.0360. The quantitative estimate of drug-likeness (QED) is 0.198. The maximum absolute atomic E-state index is 14.9. The third-order valence-electron chi connectivity index (χ3n) is 7.33. The Morgan fingerprint density at radius 3 is 2.26 bits per heavy atom. The van der Waals surface area contributed by atoms with Gasteiger partial charge in [-0.2, -0.15) is 26.3 Å². The summed E-state index contributed by atoms with van der Waals surface area (Å²) in [5.74, 6) is -2.40. The molecule has 1 aliphatic heterocycles. The fourth-order valence-electron chi connectivity index (χ4n) is 4.79. The molecule has 228 valence electrons. The lowest BCUT2D eigenvalue weighted by atomic mass is 9.78. The molecule has 2 amide bonds. The Kier molecular flexibility index (Phi) is 7.88. The Morgan fingerprint density at radius 2 is 1.69 bits per heavy atom. The lowest BCUT2D eigenvalue weighted by Crippen LogP contribution is -2.59. The van der Waals surface area contributed by atoms with E-state index in [9.17, 15) is 44.3 Å². The first-order valence-corrected chi connectivity index (χ1v) is 15.5. The van der Waals surface area contributed by atoms with E-state index in [0.29, 0.717) is 12.8 Å². The van der Waals surface area contributed by atoms with Crippen molar-refractivity contribution in [2.75, 3.05) is 6.61 Å². The van der Waals surface area contributed by atoms with Crippen molar-refractivity contribution in [3.05, 3.63) is 57.3 Å². The second-order valence-electron chi connectivity index (χ2n) is 10.6. The van der Waals surface area contributed by atoms with Gasteiger partial charge in [0.05, 0.1) is 11.9 Å². The van der Waals surface area contributed by atoms with Gasteiger partial charge in [-0.3, -0.25) is 9.59 Å². The van der Waals surface area contributed by atoms with E-state index in [0.717, 1.165) is 53.3 Å². The highest BCUT2D eigenvalue weighted by atomic mass is 32.2. The molecule has 0 unspecified atom stereocenters. The average molecular weight is 637 g/mol. The molecule has 5 rings (SSSR count). The van der Waals surface area contributed by atoms with Crippen LogP contribution in [0, 0.1) is 0 Å². The number of hydrogen-bond donors (Lipinski definition) is 2. The second-order valence-corrected chi connectivity index (χ2v) is 13.7. The van der Waals surface area contributed by atoms with Crippen LogP contribution in [0.5, 0.6) is 5.75 Å². The summed E-state index contributed by atoms with van der Waals surface area (Å²) in [6.45, 7) is -0.309. The largest absolute Gasteiger partial charge is 0.494 e. The zero-order chi connectivity index (χ0) is 30.5. The Morgan fingerprint density at radius 1 is 1.02 bits per heavy atom. The monoisotopic (exact) mass is 636 g/mol. The molecular formula is C27H26F6N2O5S2. The van der Waals surface area contributed by atoms with E-state index < -0.39 is 69.0 Å². The Balaban J connectivity index is 1.49. The van der Waals surface area contributed by atoms with Crippen molar-refractivity contribution in [3.8, 4) is 5.75 Å². The predicted molar refractivity (Wildman–Crippen MR) is 141 cm³/mol. The van der Waals surface area contributed by atoms with Gasteiger partial charge in [0.15, 0.2) is 5.54 Å². The Bertz CT molecular complexity index is 1510. The molecule has 0 spiro atoms. The van der Waals surface area contributed by atoms with Crippen LogP contribution in [0.4, 0.5) is 26.3 Å². The van der Waals surface area contributed by atoms with Crippen LogP contribution >= 0.6 is 11.3 Å². The third kappa shape index (κ3) is 6.46. The predicted octanol–water partition coefficient (Wildman–Crippen LogP) is 5.69. The molecule has 42 heavy (non-hydrogen) atoms. The highest BCUT2D eigenvalue weighted by molar-refractivity contribution is 7.91. The molecule has 2 fully saturated rings. The van der Waals surface area contributed by atoms with Crippen molar-refractivity contribution in [2.24, 2.45) is 0 Å². The number of carbonyl (C=O) groups excluding carboxylic acids is 2. The van der Waals surface area contributed by atoms with Crippen molar-refractivity contribution in [1.82, 2.24) is 10.0 Å². The number of halogens is 6. The maximum Gasteiger partial charge on any atom is 0.416 e.